The largest absolute Gasteiger partial charge is 0.357 e. The van der Waals surface area contributed by atoms with Crippen LogP contribution in [-0.4, -0.2) is 57.8 Å². The Kier molecular flexibility index (Phi) is 10.3. The van der Waals surface area contributed by atoms with Crippen LogP contribution in [0.4, 0.5) is 0 Å². The highest BCUT2D eigenvalue weighted by molar-refractivity contribution is 14.0. The summed E-state index contributed by atoms with van der Waals surface area (Å²) in [5.41, 5.74) is 0. The Morgan fingerprint density at radius 1 is 1.24 bits per heavy atom. The van der Waals surface area contributed by atoms with Gasteiger partial charge in [-0.1, -0.05) is 13.3 Å². The summed E-state index contributed by atoms with van der Waals surface area (Å²) in [6, 6.07) is 0.502. The van der Waals surface area contributed by atoms with Crippen LogP contribution in [0.15, 0.2) is 4.99 Å². The zero-order chi connectivity index (χ0) is 17.4. The number of unbranched alkanes of at least 4 members (excludes halogenated alkanes) is 1. The third kappa shape index (κ3) is 7.08. The normalized spacial score (nSPS) is 16.6. The van der Waals surface area contributed by atoms with Crippen LogP contribution in [-0.2, 0) is 13.6 Å². The summed E-state index contributed by atoms with van der Waals surface area (Å²) in [7, 11) is 1.98. The predicted molar refractivity (Wildman–Crippen MR) is 113 cm³/mol. The molecule has 0 bridgehead atoms. The molecule has 0 radical (unpaired) electrons. The topological polar surface area (TPSA) is 70.4 Å². The van der Waals surface area contributed by atoms with Crippen LogP contribution >= 0.6 is 24.0 Å². The standard InChI is InChI=1S/C17H33N7.HI/c1-5-7-10-24-11-8-15(9-12-24)20-17(18-6-2)19-13-16-22-21-14(3)23(16)4;/h15H,5-13H2,1-4H3,(H2,18,19,20);1H. The summed E-state index contributed by atoms with van der Waals surface area (Å²) >= 11 is 0. The lowest BCUT2D eigenvalue weighted by molar-refractivity contribution is 0.203. The van der Waals surface area contributed by atoms with Gasteiger partial charge in [0.15, 0.2) is 11.8 Å². The third-order valence-corrected chi connectivity index (χ3v) is 4.66. The number of hydrogen-bond acceptors (Lipinski definition) is 4. The molecule has 0 spiro atoms. The lowest BCUT2D eigenvalue weighted by Gasteiger charge is -2.33. The first kappa shape index (κ1) is 22.1. The molecule has 1 aliphatic rings. The molecule has 2 N–H and O–H groups in total. The molecule has 0 aliphatic carbocycles. The Bertz CT molecular complexity index is 521. The fourth-order valence-electron chi connectivity index (χ4n) is 2.93. The van der Waals surface area contributed by atoms with Crippen molar-refractivity contribution in [3.63, 3.8) is 0 Å². The minimum absolute atomic E-state index is 0. The Morgan fingerprint density at radius 3 is 2.52 bits per heavy atom. The van der Waals surface area contributed by atoms with Gasteiger partial charge in [-0.05, 0) is 39.7 Å². The summed E-state index contributed by atoms with van der Waals surface area (Å²) in [6.45, 7) is 11.3. The van der Waals surface area contributed by atoms with E-state index in [4.69, 9.17) is 0 Å². The van der Waals surface area contributed by atoms with E-state index in [1.165, 1.54) is 45.3 Å². The summed E-state index contributed by atoms with van der Waals surface area (Å²) in [4.78, 5) is 7.26. The maximum absolute atomic E-state index is 4.68. The maximum atomic E-state index is 4.68. The molecule has 0 aromatic carbocycles. The molecule has 2 heterocycles. The van der Waals surface area contributed by atoms with E-state index in [2.05, 4.69) is 44.6 Å². The molecule has 7 nitrogen and oxygen atoms in total. The van der Waals surface area contributed by atoms with E-state index in [0.717, 1.165) is 24.2 Å². The Labute approximate surface area is 169 Å². The Morgan fingerprint density at radius 2 is 1.96 bits per heavy atom. The summed E-state index contributed by atoms with van der Waals surface area (Å²) < 4.78 is 1.99. The number of rotatable bonds is 7. The highest BCUT2D eigenvalue weighted by Crippen LogP contribution is 2.11. The molecule has 1 saturated heterocycles. The zero-order valence-corrected chi connectivity index (χ0v) is 18.4. The van der Waals surface area contributed by atoms with Gasteiger partial charge in [-0.3, -0.25) is 0 Å². The fraction of sp³-hybridized carbons (Fsp3) is 0.824. The second-order valence-electron chi connectivity index (χ2n) is 6.53. The monoisotopic (exact) mass is 463 g/mol. The first-order valence-corrected chi connectivity index (χ1v) is 9.26. The van der Waals surface area contributed by atoms with Crippen molar-refractivity contribution in [1.29, 1.82) is 0 Å². The minimum atomic E-state index is 0. The van der Waals surface area contributed by atoms with Gasteiger partial charge in [-0.2, -0.15) is 0 Å². The molecular formula is C17H34IN7. The van der Waals surface area contributed by atoms with Crippen LogP contribution in [0, 0.1) is 6.92 Å². The highest BCUT2D eigenvalue weighted by Gasteiger charge is 2.19. The second kappa shape index (κ2) is 11.7. The first-order chi connectivity index (χ1) is 11.6. The number of aryl methyl sites for hydroxylation is 1. The number of aliphatic imine (C=N–C) groups is 1. The van der Waals surface area contributed by atoms with Crippen molar-refractivity contribution in [2.45, 2.75) is 59.0 Å². The molecule has 0 saturated carbocycles. The van der Waals surface area contributed by atoms with Crippen molar-refractivity contribution in [3.8, 4) is 0 Å². The van der Waals surface area contributed by atoms with Gasteiger partial charge in [0.2, 0.25) is 0 Å². The molecule has 1 fully saturated rings. The van der Waals surface area contributed by atoms with Gasteiger partial charge in [0, 0.05) is 32.7 Å². The van der Waals surface area contributed by atoms with Crippen molar-refractivity contribution in [1.82, 2.24) is 30.3 Å². The molecule has 0 unspecified atom stereocenters. The van der Waals surface area contributed by atoms with Crippen LogP contribution in [0.25, 0.3) is 0 Å². The molecule has 0 amide bonds. The molecule has 1 aromatic rings. The van der Waals surface area contributed by atoms with Crippen LogP contribution in [0.3, 0.4) is 0 Å². The third-order valence-electron chi connectivity index (χ3n) is 4.66. The van der Waals surface area contributed by atoms with Gasteiger partial charge < -0.3 is 20.1 Å². The van der Waals surface area contributed by atoms with Crippen molar-refractivity contribution in [2.24, 2.45) is 12.0 Å². The van der Waals surface area contributed by atoms with Crippen LogP contribution < -0.4 is 10.6 Å². The van der Waals surface area contributed by atoms with E-state index in [-0.39, 0.29) is 24.0 Å². The zero-order valence-electron chi connectivity index (χ0n) is 16.1. The molecule has 8 heteroatoms. The minimum Gasteiger partial charge on any atom is -0.357 e. The highest BCUT2D eigenvalue weighted by atomic mass is 127. The Hall–Kier alpha value is -0.900. The molecule has 25 heavy (non-hydrogen) atoms. The van der Waals surface area contributed by atoms with E-state index in [9.17, 15) is 0 Å². The quantitative estimate of drug-likeness (QED) is 0.368. The smallest absolute Gasteiger partial charge is 0.191 e. The second-order valence-corrected chi connectivity index (χ2v) is 6.53. The van der Waals surface area contributed by atoms with Gasteiger partial charge in [-0.25, -0.2) is 4.99 Å². The van der Waals surface area contributed by atoms with Crippen molar-refractivity contribution in [2.75, 3.05) is 26.2 Å². The summed E-state index contributed by atoms with van der Waals surface area (Å²) in [5, 5.41) is 15.2. The van der Waals surface area contributed by atoms with Crippen molar-refractivity contribution < 1.29 is 0 Å². The molecule has 2 rings (SSSR count). The molecule has 144 valence electrons. The van der Waals surface area contributed by atoms with E-state index < -0.39 is 0 Å². The van der Waals surface area contributed by atoms with Crippen molar-refractivity contribution in [3.05, 3.63) is 11.6 Å². The first-order valence-electron chi connectivity index (χ1n) is 9.26. The Balaban J connectivity index is 0.00000312. The number of guanidine groups is 1. The lowest BCUT2D eigenvalue weighted by Crippen LogP contribution is -2.48. The van der Waals surface area contributed by atoms with Crippen LogP contribution in [0.2, 0.25) is 0 Å². The van der Waals surface area contributed by atoms with E-state index in [1.54, 1.807) is 0 Å². The van der Waals surface area contributed by atoms with Crippen LogP contribution in [0.5, 0.6) is 0 Å². The number of halogens is 1. The lowest BCUT2D eigenvalue weighted by atomic mass is 10.0. The van der Waals surface area contributed by atoms with Gasteiger partial charge in [0.25, 0.3) is 0 Å². The van der Waals surface area contributed by atoms with E-state index in [1.807, 2.05) is 18.5 Å². The average Bonchev–Trinajstić information content (AvgIpc) is 2.91. The average molecular weight is 463 g/mol. The van der Waals surface area contributed by atoms with Gasteiger partial charge in [0.1, 0.15) is 12.4 Å². The van der Waals surface area contributed by atoms with Gasteiger partial charge in [-0.15, -0.1) is 34.2 Å². The van der Waals surface area contributed by atoms with E-state index in [0.29, 0.717) is 12.6 Å². The van der Waals surface area contributed by atoms with E-state index >= 15 is 0 Å². The number of hydrogen-bond donors (Lipinski definition) is 2. The van der Waals surface area contributed by atoms with Crippen molar-refractivity contribution >= 4 is 29.9 Å². The maximum Gasteiger partial charge on any atom is 0.191 e. The van der Waals surface area contributed by atoms with Crippen LogP contribution in [0.1, 0.15) is 51.2 Å². The number of likely N-dealkylation sites (tertiary alicyclic amines) is 1. The number of aromatic nitrogens is 3. The number of nitrogens with zero attached hydrogens (tertiary/aromatic N) is 5. The summed E-state index contributed by atoms with van der Waals surface area (Å²) in [5.74, 6) is 2.68. The van der Waals surface area contributed by atoms with Gasteiger partial charge >= 0.3 is 0 Å². The molecule has 1 aromatic heterocycles. The predicted octanol–water partition coefficient (Wildman–Crippen LogP) is 2.06. The number of piperidine rings is 1. The van der Waals surface area contributed by atoms with Gasteiger partial charge in [0.05, 0.1) is 0 Å². The SMILES string of the molecule is CCCCN1CCC(NC(=NCc2nnc(C)n2C)NCC)CC1.I. The number of nitrogens with one attached hydrogen (secondary N) is 2. The molecular weight excluding hydrogens is 429 g/mol. The molecule has 0 atom stereocenters. The summed E-state index contributed by atoms with van der Waals surface area (Å²) in [6.07, 6.45) is 4.94. The fourth-order valence-corrected chi connectivity index (χ4v) is 2.93. The molecule has 1 aliphatic heterocycles.